The maximum absolute atomic E-state index is 14.6. The Morgan fingerprint density at radius 2 is 1.96 bits per heavy atom. The molecule has 7 heteroatoms. The van der Waals surface area contributed by atoms with Gasteiger partial charge in [-0.2, -0.15) is 0 Å². The van der Waals surface area contributed by atoms with Crippen LogP contribution in [0.3, 0.4) is 0 Å². The third kappa shape index (κ3) is 4.34. The van der Waals surface area contributed by atoms with Crippen molar-refractivity contribution in [3.63, 3.8) is 0 Å². The number of hydrogen-bond acceptors (Lipinski definition) is 4. The molecule has 2 aliphatic rings. The standard InChI is InChI=1S/C20H21FN2O3.ClH/c21-20-15-7-8-22-12-14(15)3-4-16(20)23-19(24)6-2-13-1-5-17-18(11-13)26-10-9-25-17;/h1,3-5,11,22H,2,6-10,12H2,(H,23,24);1H. The van der Waals surface area contributed by atoms with Crippen LogP contribution in [0.15, 0.2) is 30.3 Å². The molecule has 0 atom stereocenters. The van der Waals surface area contributed by atoms with Gasteiger partial charge >= 0.3 is 0 Å². The highest BCUT2D eigenvalue weighted by Crippen LogP contribution is 2.31. The molecule has 0 aromatic heterocycles. The molecule has 2 N–H and O–H groups in total. The van der Waals surface area contributed by atoms with Gasteiger partial charge in [-0.05, 0) is 54.3 Å². The van der Waals surface area contributed by atoms with Crippen LogP contribution >= 0.6 is 12.4 Å². The quantitative estimate of drug-likeness (QED) is 0.838. The summed E-state index contributed by atoms with van der Waals surface area (Å²) >= 11 is 0. The van der Waals surface area contributed by atoms with Crippen molar-refractivity contribution in [2.24, 2.45) is 0 Å². The summed E-state index contributed by atoms with van der Waals surface area (Å²) < 4.78 is 25.6. The Balaban J connectivity index is 0.00000210. The summed E-state index contributed by atoms with van der Waals surface area (Å²) in [6.45, 7) is 2.51. The molecule has 5 nitrogen and oxygen atoms in total. The minimum Gasteiger partial charge on any atom is -0.486 e. The Bertz CT molecular complexity index is 844. The van der Waals surface area contributed by atoms with Gasteiger partial charge in [0.1, 0.15) is 19.0 Å². The van der Waals surface area contributed by atoms with Gasteiger partial charge in [0.2, 0.25) is 5.91 Å². The zero-order valence-electron chi connectivity index (χ0n) is 14.8. The molecule has 4 rings (SSSR count). The van der Waals surface area contributed by atoms with E-state index in [9.17, 15) is 9.18 Å². The molecule has 0 radical (unpaired) electrons. The Hall–Kier alpha value is -2.31. The lowest BCUT2D eigenvalue weighted by atomic mass is 9.99. The van der Waals surface area contributed by atoms with Crippen molar-refractivity contribution in [1.82, 2.24) is 5.32 Å². The molecule has 2 heterocycles. The number of benzene rings is 2. The smallest absolute Gasteiger partial charge is 0.224 e. The van der Waals surface area contributed by atoms with Gasteiger partial charge in [-0.25, -0.2) is 4.39 Å². The topological polar surface area (TPSA) is 59.6 Å². The highest BCUT2D eigenvalue weighted by atomic mass is 35.5. The van der Waals surface area contributed by atoms with Crippen LogP contribution in [-0.2, 0) is 24.2 Å². The number of nitrogens with one attached hydrogen (secondary N) is 2. The van der Waals surface area contributed by atoms with E-state index in [0.29, 0.717) is 43.9 Å². The van der Waals surface area contributed by atoms with Crippen LogP contribution in [0.5, 0.6) is 11.5 Å². The van der Waals surface area contributed by atoms with Crippen molar-refractivity contribution in [3.05, 3.63) is 52.8 Å². The van der Waals surface area contributed by atoms with Gasteiger partial charge in [0, 0.05) is 13.0 Å². The number of fused-ring (bicyclic) bond motifs is 2. The zero-order valence-corrected chi connectivity index (χ0v) is 15.7. The number of carbonyl (C=O) groups excluding carboxylic acids is 1. The van der Waals surface area contributed by atoms with E-state index < -0.39 is 0 Å². The van der Waals surface area contributed by atoms with E-state index in [-0.39, 0.29) is 36.2 Å². The Kier molecular flexibility index (Phi) is 6.19. The first-order valence-electron chi connectivity index (χ1n) is 8.90. The van der Waals surface area contributed by atoms with Gasteiger partial charge < -0.3 is 20.1 Å². The van der Waals surface area contributed by atoms with E-state index in [1.807, 2.05) is 24.3 Å². The van der Waals surface area contributed by atoms with Gasteiger partial charge in [0.15, 0.2) is 11.5 Å². The van der Waals surface area contributed by atoms with Gasteiger partial charge in [-0.15, -0.1) is 12.4 Å². The number of amides is 1. The minimum atomic E-state index is -0.309. The molecule has 2 aliphatic heterocycles. The third-order valence-corrected chi connectivity index (χ3v) is 4.73. The fourth-order valence-electron chi connectivity index (χ4n) is 3.34. The largest absolute Gasteiger partial charge is 0.486 e. The normalized spacial score (nSPS) is 14.7. The molecule has 2 aromatic carbocycles. The van der Waals surface area contributed by atoms with Crippen LogP contribution in [-0.4, -0.2) is 25.7 Å². The molecule has 27 heavy (non-hydrogen) atoms. The number of carbonyl (C=O) groups is 1. The maximum Gasteiger partial charge on any atom is 0.224 e. The molecule has 0 bridgehead atoms. The number of rotatable bonds is 4. The first-order valence-corrected chi connectivity index (χ1v) is 8.90. The number of ether oxygens (including phenoxy) is 2. The summed E-state index contributed by atoms with van der Waals surface area (Å²) in [4.78, 5) is 12.2. The van der Waals surface area contributed by atoms with Crippen molar-refractivity contribution < 1.29 is 18.7 Å². The fraction of sp³-hybridized carbons (Fsp3) is 0.350. The van der Waals surface area contributed by atoms with Gasteiger partial charge in [0.05, 0.1) is 5.69 Å². The number of hydrogen-bond donors (Lipinski definition) is 2. The first kappa shape index (κ1) is 19.5. The van der Waals surface area contributed by atoms with E-state index in [1.54, 1.807) is 6.07 Å². The van der Waals surface area contributed by atoms with Crippen LogP contribution in [0.2, 0.25) is 0 Å². The van der Waals surface area contributed by atoms with Gasteiger partial charge in [-0.3, -0.25) is 4.79 Å². The lowest BCUT2D eigenvalue weighted by Gasteiger charge is -2.19. The maximum atomic E-state index is 14.6. The number of anilines is 1. The predicted molar refractivity (Wildman–Crippen MR) is 103 cm³/mol. The second-order valence-corrected chi connectivity index (χ2v) is 6.52. The molecule has 144 valence electrons. The second-order valence-electron chi connectivity index (χ2n) is 6.52. The summed E-state index contributed by atoms with van der Waals surface area (Å²) in [5, 5.41) is 5.92. The Morgan fingerprint density at radius 1 is 1.15 bits per heavy atom. The monoisotopic (exact) mass is 392 g/mol. The van der Waals surface area contributed by atoms with E-state index >= 15 is 0 Å². The SMILES string of the molecule is Cl.O=C(CCc1ccc2c(c1)OCCO2)Nc1ccc2c(c1F)CCNC2. The van der Waals surface area contributed by atoms with Crippen molar-refractivity contribution >= 4 is 24.0 Å². The summed E-state index contributed by atoms with van der Waals surface area (Å²) in [5.74, 6) is 0.933. The summed E-state index contributed by atoms with van der Waals surface area (Å²) in [5.41, 5.74) is 2.91. The van der Waals surface area contributed by atoms with E-state index in [4.69, 9.17) is 9.47 Å². The highest BCUT2D eigenvalue weighted by molar-refractivity contribution is 5.91. The van der Waals surface area contributed by atoms with Crippen LogP contribution in [0, 0.1) is 5.82 Å². The molecule has 2 aromatic rings. The molecule has 0 saturated heterocycles. The summed E-state index contributed by atoms with van der Waals surface area (Å²) in [6, 6.07) is 9.20. The fourth-order valence-corrected chi connectivity index (χ4v) is 3.34. The molecule has 0 unspecified atom stereocenters. The zero-order chi connectivity index (χ0) is 17.9. The van der Waals surface area contributed by atoms with Crippen LogP contribution in [0.1, 0.15) is 23.1 Å². The number of aryl methyl sites for hydroxylation is 1. The number of halogens is 2. The average Bonchev–Trinajstić information content (AvgIpc) is 2.68. The molecule has 0 fully saturated rings. The van der Waals surface area contributed by atoms with E-state index in [2.05, 4.69) is 10.6 Å². The lowest BCUT2D eigenvalue weighted by Crippen LogP contribution is -2.25. The molecule has 0 aliphatic carbocycles. The van der Waals surface area contributed by atoms with Crippen molar-refractivity contribution in [2.75, 3.05) is 25.1 Å². The van der Waals surface area contributed by atoms with Crippen LogP contribution in [0.25, 0.3) is 0 Å². The van der Waals surface area contributed by atoms with Gasteiger partial charge in [-0.1, -0.05) is 12.1 Å². The van der Waals surface area contributed by atoms with Crippen molar-refractivity contribution in [3.8, 4) is 11.5 Å². The third-order valence-electron chi connectivity index (χ3n) is 4.73. The average molecular weight is 393 g/mol. The Labute approximate surface area is 163 Å². The second kappa shape index (κ2) is 8.59. The molecular formula is C20H22ClFN2O3. The van der Waals surface area contributed by atoms with E-state index in [0.717, 1.165) is 23.4 Å². The van der Waals surface area contributed by atoms with Gasteiger partial charge in [0.25, 0.3) is 0 Å². The predicted octanol–water partition coefficient (Wildman–Crippen LogP) is 3.24. The Morgan fingerprint density at radius 3 is 2.81 bits per heavy atom. The molecule has 0 saturated carbocycles. The first-order chi connectivity index (χ1) is 12.7. The van der Waals surface area contributed by atoms with Crippen molar-refractivity contribution in [2.45, 2.75) is 25.8 Å². The molecule has 0 spiro atoms. The van der Waals surface area contributed by atoms with Crippen molar-refractivity contribution in [1.29, 1.82) is 0 Å². The highest BCUT2D eigenvalue weighted by Gasteiger charge is 2.18. The molecule has 1 amide bonds. The summed E-state index contributed by atoms with van der Waals surface area (Å²) in [7, 11) is 0. The van der Waals surface area contributed by atoms with Crippen LogP contribution in [0.4, 0.5) is 10.1 Å². The lowest BCUT2D eigenvalue weighted by molar-refractivity contribution is -0.116. The summed E-state index contributed by atoms with van der Waals surface area (Å²) in [6.07, 6.45) is 1.47. The van der Waals surface area contributed by atoms with Crippen LogP contribution < -0.4 is 20.1 Å². The minimum absolute atomic E-state index is 0. The molecular weight excluding hydrogens is 371 g/mol. The van der Waals surface area contributed by atoms with E-state index in [1.165, 1.54) is 0 Å².